The minimum Gasteiger partial charge on any atom is -0.504 e. The lowest BCUT2D eigenvalue weighted by atomic mass is 10.1. The molecular formula is C19H20O6. The number of hydrogen-bond donors (Lipinski definition) is 2. The fourth-order valence-corrected chi connectivity index (χ4v) is 2.35. The molecule has 0 atom stereocenters. The van der Waals surface area contributed by atoms with Crippen molar-refractivity contribution in [2.45, 2.75) is 6.92 Å². The molecule has 0 aromatic heterocycles. The highest BCUT2D eigenvalue weighted by atomic mass is 16.5. The van der Waals surface area contributed by atoms with Gasteiger partial charge in [0.25, 0.3) is 0 Å². The van der Waals surface area contributed by atoms with Gasteiger partial charge in [0.1, 0.15) is 0 Å². The smallest absolute Gasteiger partial charge is 0.211 e. The van der Waals surface area contributed by atoms with E-state index < -0.39 is 11.5 Å². The Bertz CT molecular complexity index is 780. The van der Waals surface area contributed by atoms with Crippen molar-refractivity contribution in [2.24, 2.45) is 0 Å². The highest BCUT2D eigenvalue weighted by Crippen LogP contribution is 2.52. The number of hydrogen-bond acceptors (Lipinski definition) is 6. The lowest BCUT2D eigenvalue weighted by Crippen LogP contribution is -2.01. The molecule has 2 aromatic carbocycles. The number of ketones is 1. The van der Waals surface area contributed by atoms with Crippen molar-refractivity contribution in [1.82, 2.24) is 0 Å². The van der Waals surface area contributed by atoms with Crippen LogP contribution in [0.15, 0.2) is 36.4 Å². The van der Waals surface area contributed by atoms with E-state index in [1.54, 1.807) is 31.2 Å². The summed E-state index contributed by atoms with van der Waals surface area (Å²) in [6, 6.07) is 8.69. The van der Waals surface area contributed by atoms with E-state index in [0.29, 0.717) is 5.56 Å². The molecule has 2 N–H and O–H groups in total. The van der Waals surface area contributed by atoms with Gasteiger partial charge in [-0.2, -0.15) is 0 Å². The largest absolute Gasteiger partial charge is 0.504 e. The predicted molar refractivity (Wildman–Crippen MR) is 93.9 cm³/mol. The molecule has 0 heterocycles. The average molecular weight is 344 g/mol. The van der Waals surface area contributed by atoms with Crippen LogP contribution < -0.4 is 14.2 Å². The van der Waals surface area contributed by atoms with Crippen molar-refractivity contribution in [3.8, 4) is 28.7 Å². The summed E-state index contributed by atoms with van der Waals surface area (Å²) in [5.74, 6) is -0.944. The zero-order valence-corrected chi connectivity index (χ0v) is 14.3. The summed E-state index contributed by atoms with van der Waals surface area (Å²) in [7, 11) is 2.72. The van der Waals surface area contributed by atoms with E-state index in [-0.39, 0.29) is 35.2 Å². The Morgan fingerprint density at radius 1 is 1.00 bits per heavy atom. The Morgan fingerprint density at radius 2 is 1.64 bits per heavy atom. The van der Waals surface area contributed by atoms with Crippen LogP contribution in [0.2, 0.25) is 0 Å². The van der Waals surface area contributed by atoms with Crippen molar-refractivity contribution >= 4 is 11.9 Å². The number of benzene rings is 2. The number of carbonyl (C=O) groups is 1. The minimum absolute atomic E-state index is 0.0463. The maximum Gasteiger partial charge on any atom is 0.211 e. The molecule has 0 saturated heterocycles. The van der Waals surface area contributed by atoms with E-state index in [1.165, 1.54) is 26.4 Å². The summed E-state index contributed by atoms with van der Waals surface area (Å²) in [6.45, 7) is 2.05. The van der Waals surface area contributed by atoms with E-state index >= 15 is 0 Å². The van der Waals surface area contributed by atoms with Gasteiger partial charge in [0, 0.05) is 5.56 Å². The monoisotopic (exact) mass is 344 g/mol. The van der Waals surface area contributed by atoms with Crippen molar-refractivity contribution < 1.29 is 29.2 Å². The Balaban J connectivity index is 2.54. The van der Waals surface area contributed by atoms with Crippen LogP contribution in [0.4, 0.5) is 0 Å². The molecule has 0 aliphatic heterocycles. The maximum atomic E-state index is 12.2. The lowest BCUT2D eigenvalue weighted by molar-refractivity contribution is 0.104. The molecule has 0 bridgehead atoms. The quantitative estimate of drug-likeness (QED) is 0.455. The van der Waals surface area contributed by atoms with Gasteiger partial charge < -0.3 is 24.4 Å². The van der Waals surface area contributed by atoms with Crippen LogP contribution in [0.1, 0.15) is 22.8 Å². The number of methoxy groups -OCH3 is 2. The standard InChI is InChI=1S/C19H20O6/c1-4-25-17-13(10-11-14(20)12-8-6-5-7-9-12)15(21)16(22)18(23-2)19(17)24-3/h5-11,21-22H,4H2,1-3H3. The van der Waals surface area contributed by atoms with Gasteiger partial charge in [0.15, 0.2) is 17.3 Å². The van der Waals surface area contributed by atoms with Gasteiger partial charge in [-0.3, -0.25) is 4.79 Å². The van der Waals surface area contributed by atoms with Crippen molar-refractivity contribution in [1.29, 1.82) is 0 Å². The molecule has 0 radical (unpaired) electrons. The molecule has 0 fully saturated rings. The molecule has 6 heteroatoms. The molecule has 0 amide bonds. The van der Waals surface area contributed by atoms with Gasteiger partial charge in [-0.05, 0) is 19.1 Å². The number of carbonyl (C=O) groups excluding carboxylic acids is 1. The van der Waals surface area contributed by atoms with Crippen molar-refractivity contribution in [3.63, 3.8) is 0 Å². The van der Waals surface area contributed by atoms with Gasteiger partial charge in [0.2, 0.25) is 17.2 Å². The number of phenolic OH excluding ortho intramolecular Hbond substituents is 2. The molecule has 2 aromatic rings. The Labute approximate surface area is 145 Å². The molecule has 25 heavy (non-hydrogen) atoms. The first-order chi connectivity index (χ1) is 12.0. The molecule has 6 nitrogen and oxygen atoms in total. The molecular weight excluding hydrogens is 324 g/mol. The highest BCUT2D eigenvalue weighted by molar-refractivity contribution is 6.07. The number of phenols is 2. The van der Waals surface area contributed by atoms with E-state index in [0.717, 1.165) is 0 Å². The molecule has 0 spiro atoms. The number of rotatable bonds is 7. The SMILES string of the molecule is CCOc1c(C=CC(=O)c2ccccc2)c(O)c(O)c(OC)c1OC. The van der Waals surface area contributed by atoms with Gasteiger partial charge in [-0.1, -0.05) is 30.3 Å². The third-order valence-electron chi connectivity index (χ3n) is 3.51. The second-order valence-corrected chi connectivity index (χ2v) is 5.00. The summed E-state index contributed by atoms with van der Waals surface area (Å²) < 4.78 is 15.9. The highest BCUT2D eigenvalue weighted by Gasteiger charge is 2.25. The maximum absolute atomic E-state index is 12.2. The van der Waals surface area contributed by atoms with Crippen LogP contribution in [0.25, 0.3) is 6.08 Å². The van der Waals surface area contributed by atoms with Crippen LogP contribution in [0.3, 0.4) is 0 Å². The second kappa shape index (κ2) is 8.10. The number of ether oxygens (including phenoxy) is 3. The fraction of sp³-hybridized carbons (Fsp3) is 0.211. The predicted octanol–water partition coefficient (Wildman–Crippen LogP) is 3.41. The Morgan fingerprint density at radius 3 is 2.20 bits per heavy atom. The fourth-order valence-electron chi connectivity index (χ4n) is 2.35. The average Bonchev–Trinajstić information content (AvgIpc) is 2.64. The van der Waals surface area contributed by atoms with E-state index in [4.69, 9.17) is 14.2 Å². The Kier molecular flexibility index (Phi) is 5.89. The Hall–Kier alpha value is -3.15. The first-order valence-corrected chi connectivity index (χ1v) is 7.65. The van der Waals surface area contributed by atoms with Crippen LogP contribution in [0, 0.1) is 0 Å². The zero-order valence-electron chi connectivity index (χ0n) is 14.3. The third-order valence-corrected chi connectivity index (χ3v) is 3.51. The molecule has 0 aliphatic carbocycles. The minimum atomic E-state index is -0.491. The third kappa shape index (κ3) is 3.68. The van der Waals surface area contributed by atoms with Gasteiger partial charge in [0.05, 0.1) is 26.4 Å². The van der Waals surface area contributed by atoms with Crippen molar-refractivity contribution in [3.05, 3.63) is 47.5 Å². The van der Waals surface area contributed by atoms with Gasteiger partial charge >= 0.3 is 0 Å². The number of aromatic hydroxyl groups is 2. The summed E-state index contributed by atoms with van der Waals surface area (Å²) in [5, 5.41) is 20.4. The van der Waals surface area contributed by atoms with Crippen LogP contribution in [-0.4, -0.2) is 36.8 Å². The number of allylic oxidation sites excluding steroid dienone is 1. The van der Waals surface area contributed by atoms with E-state index in [1.807, 2.05) is 6.07 Å². The summed E-state index contributed by atoms with van der Waals surface area (Å²) in [6.07, 6.45) is 2.66. The van der Waals surface area contributed by atoms with Crippen LogP contribution in [-0.2, 0) is 0 Å². The zero-order chi connectivity index (χ0) is 18.4. The second-order valence-electron chi connectivity index (χ2n) is 5.00. The molecule has 0 aliphatic rings. The van der Waals surface area contributed by atoms with E-state index in [9.17, 15) is 15.0 Å². The van der Waals surface area contributed by atoms with Gasteiger partial charge in [-0.25, -0.2) is 0 Å². The van der Waals surface area contributed by atoms with Crippen LogP contribution in [0.5, 0.6) is 28.7 Å². The van der Waals surface area contributed by atoms with E-state index in [2.05, 4.69) is 0 Å². The van der Waals surface area contributed by atoms with Crippen LogP contribution >= 0.6 is 0 Å². The topological polar surface area (TPSA) is 85.2 Å². The normalized spacial score (nSPS) is 10.7. The lowest BCUT2D eigenvalue weighted by Gasteiger charge is -2.18. The molecule has 2 rings (SSSR count). The summed E-state index contributed by atoms with van der Waals surface area (Å²) >= 11 is 0. The van der Waals surface area contributed by atoms with Gasteiger partial charge in [-0.15, -0.1) is 0 Å². The molecule has 132 valence electrons. The first kappa shape index (κ1) is 18.2. The first-order valence-electron chi connectivity index (χ1n) is 7.65. The summed E-state index contributed by atoms with van der Waals surface area (Å²) in [4.78, 5) is 12.2. The molecule has 0 saturated carbocycles. The summed E-state index contributed by atoms with van der Waals surface area (Å²) in [5.41, 5.74) is 0.627. The van der Waals surface area contributed by atoms with Crippen molar-refractivity contribution in [2.75, 3.05) is 20.8 Å². The molecule has 0 unspecified atom stereocenters.